The molecule has 5 nitrogen and oxygen atoms in total. The first-order chi connectivity index (χ1) is 13.9. The van der Waals surface area contributed by atoms with Crippen molar-refractivity contribution in [3.8, 4) is 0 Å². The van der Waals surface area contributed by atoms with Gasteiger partial charge in [-0.15, -0.1) is 0 Å². The number of nitrogens with zero attached hydrogens (tertiary/aromatic N) is 1. The van der Waals surface area contributed by atoms with Crippen LogP contribution in [-0.4, -0.2) is 15.9 Å². The molecule has 0 unspecified atom stereocenters. The summed E-state index contributed by atoms with van der Waals surface area (Å²) in [4.78, 5) is 20.8. The van der Waals surface area contributed by atoms with E-state index in [1.165, 1.54) is 5.56 Å². The minimum atomic E-state index is -0.205. The Labute approximate surface area is 169 Å². The van der Waals surface area contributed by atoms with Gasteiger partial charge < -0.3 is 14.7 Å². The molecule has 0 bridgehead atoms. The van der Waals surface area contributed by atoms with Gasteiger partial charge in [-0.05, 0) is 47.4 Å². The molecule has 2 aromatic heterocycles. The predicted molar refractivity (Wildman–Crippen MR) is 115 cm³/mol. The number of nitrogens with one attached hydrogen (secondary N) is 2. The zero-order valence-corrected chi connectivity index (χ0v) is 16.7. The molecule has 0 fully saturated rings. The number of carbonyl (C=O) groups excluding carboxylic acids is 1. The number of rotatable bonds is 4. The number of para-hydroxylation sites is 2. The van der Waals surface area contributed by atoms with Crippen LogP contribution >= 0.6 is 0 Å². The molecular weight excluding hydrogens is 362 g/mol. The Morgan fingerprint density at radius 1 is 1.03 bits per heavy atom. The molecule has 29 heavy (non-hydrogen) atoms. The maximum absolute atomic E-state index is 12.9. The SMILES string of the molecule is CC(C)(C)c1ccc(C(=O)N/C(=C\c2ccco2)c2nc3ccccc3[nH]2)cc1. The fourth-order valence-electron chi connectivity index (χ4n) is 3.08. The molecule has 2 heterocycles. The van der Waals surface area contributed by atoms with Crippen LogP contribution < -0.4 is 5.32 Å². The molecule has 4 aromatic rings. The number of benzene rings is 2. The van der Waals surface area contributed by atoms with E-state index in [2.05, 4.69) is 36.1 Å². The van der Waals surface area contributed by atoms with Gasteiger partial charge >= 0.3 is 0 Å². The lowest BCUT2D eigenvalue weighted by Crippen LogP contribution is -2.22. The quantitative estimate of drug-likeness (QED) is 0.495. The Bertz CT molecular complexity index is 1130. The highest BCUT2D eigenvalue weighted by Crippen LogP contribution is 2.23. The zero-order chi connectivity index (χ0) is 20.4. The molecule has 1 amide bonds. The van der Waals surface area contributed by atoms with E-state index in [9.17, 15) is 4.79 Å². The van der Waals surface area contributed by atoms with Crippen LogP contribution in [0, 0.1) is 0 Å². The Hall–Kier alpha value is -3.60. The van der Waals surface area contributed by atoms with Crippen LogP contribution in [0.3, 0.4) is 0 Å². The van der Waals surface area contributed by atoms with Crippen LogP contribution in [0.1, 0.15) is 48.3 Å². The number of aromatic nitrogens is 2. The van der Waals surface area contributed by atoms with Crippen molar-refractivity contribution in [2.24, 2.45) is 0 Å². The number of imidazole rings is 1. The number of furan rings is 1. The van der Waals surface area contributed by atoms with Crippen molar-refractivity contribution < 1.29 is 9.21 Å². The van der Waals surface area contributed by atoms with Crippen molar-refractivity contribution in [3.63, 3.8) is 0 Å². The van der Waals surface area contributed by atoms with Crippen LogP contribution in [0.4, 0.5) is 0 Å². The van der Waals surface area contributed by atoms with E-state index in [-0.39, 0.29) is 11.3 Å². The Balaban J connectivity index is 1.66. The summed E-state index contributed by atoms with van der Waals surface area (Å²) in [6, 6.07) is 19.0. The van der Waals surface area contributed by atoms with Crippen LogP contribution in [0.5, 0.6) is 0 Å². The molecule has 0 radical (unpaired) electrons. The van der Waals surface area contributed by atoms with E-state index < -0.39 is 0 Å². The summed E-state index contributed by atoms with van der Waals surface area (Å²) in [6.07, 6.45) is 3.36. The van der Waals surface area contributed by atoms with Crippen LogP contribution in [0.15, 0.2) is 71.3 Å². The number of amides is 1. The number of aromatic amines is 1. The minimum absolute atomic E-state index is 0.0353. The fourth-order valence-corrected chi connectivity index (χ4v) is 3.08. The zero-order valence-electron chi connectivity index (χ0n) is 16.7. The number of hydrogen-bond acceptors (Lipinski definition) is 3. The van der Waals surface area contributed by atoms with E-state index in [4.69, 9.17) is 4.42 Å². The molecule has 0 spiro atoms. The van der Waals surface area contributed by atoms with Gasteiger partial charge in [0.2, 0.25) is 0 Å². The summed E-state index contributed by atoms with van der Waals surface area (Å²) in [5.74, 6) is 0.995. The summed E-state index contributed by atoms with van der Waals surface area (Å²) in [5.41, 5.74) is 4.07. The average Bonchev–Trinajstić information content (AvgIpc) is 3.36. The highest BCUT2D eigenvalue weighted by molar-refractivity contribution is 6.01. The topological polar surface area (TPSA) is 70.9 Å². The number of hydrogen-bond donors (Lipinski definition) is 2. The maximum Gasteiger partial charge on any atom is 0.255 e. The molecule has 0 aliphatic heterocycles. The second-order valence-corrected chi connectivity index (χ2v) is 7.96. The molecule has 0 saturated carbocycles. The average molecular weight is 385 g/mol. The maximum atomic E-state index is 12.9. The van der Waals surface area contributed by atoms with Gasteiger partial charge in [-0.1, -0.05) is 45.0 Å². The Morgan fingerprint density at radius 3 is 2.45 bits per heavy atom. The smallest absolute Gasteiger partial charge is 0.255 e. The summed E-state index contributed by atoms with van der Waals surface area (Å²) in [7, 11) is 0. The van der Waals surface area contributed by atoms with Gasteiger partial charge in [-0.25, -0.2) is 4.98 Å². The van der Waals surface area contributed by atoms with E-state index in [1.807, 2.05) is 54.6 Å². The summed E-state index contributed by atoms with van der Waals surface area (Å²) >= 11 is 0. The molecule has 0 saturated heterocycles. The third-order valence-electron chi connectivity index (χ3n) is 4.74. The molecule has 2 N–H and O–H groups in total. The van der Waals surface area contributed by atoms with Crippen molar-refractivity contribution in [3.05, 3.63) is 89.6 Å². The molecular formula is C24H23N3O2. The summed E-state index contributed by atoms with van der Waals surface area (Å²) in [5, 5.41) is 2.98. The fraction of sp³-hybridized carbons (Fsp3) is 0.167. The van der Waals surface area contributed by atoms with Gasteiger partial charge in [0.25, 0.3) is 5.91 Å². The standard InChI is InChI=1S/C24H23N3O2/c1-24(2,3)17-12-10-16(11-13-17)23(28)27-21(15-18-7-6-14-29-18)22-25-19-8-4-5-9-20(19)26-22/h4-15H,1-3H3,(H,25,26)(H,27,28)/b21-15-. The first-order valence-corrected chi connectivity index (χ1v) is 9.52. The minimum Gasteiger partial charge on any atom is -0.465 e. The van der Waals surface area contributed by atoms with Crippen LogP contribution in [0.25, 0.3) is 22.8 Å². The van der Waals surface area contributed by atoms with Gasteiger partial charge in [0.05, 0.1) is 23.0 Å². The monoisotopic (exact) mass is 385 g/mol. The first-order valence-electron chi connectivity index (χ1n) is 9.52. The molecule has 4 rings (SSSR count). The third-order valence-corrected chi connectivity index (χ3v) is 4.74. The van der Waals surface area contributed by atoms with E-state index in [1.54, 1.807) is 18.4 Å². The van der Waals surface area contributed by atoms with Crippen molar-refractivity contribution in [2.75, 3.05) is 0 Å². The summed E-state index contributed by atoms with van der Waals surface area (Å²) in [6.45, 7) is 6.44. The van der Waals surface area contributed by atoms with Gasteiger partial charge in [0, 0.05) is 11.6 Å². The lowest BCUT2D eigenvalue weighted by molar-refractivity contribution is 0.0973. The Kier molecular flexibility index (Phi) is 4.80. The van der Waals surface area contributed by atoms with Gasteiger partial charge in [-0.2, -0.15) is 0 Å². The van der Waals surface area contributed by atoms with E-state index in [0.29, 0.717) is 22.8 Å². The van der Waals surface area contributed by atoms with Crippen LogP contribution in [0.2, 0.25) is 0 Å². The number of carbonyl (C=O) groups is 1. The lowest BCUT2D eigenvalue weighted by atomic mass is 9.87. The van der Waals surface area contributed by atoms with Gasteiger partial charge in [0.15, 0.2) is 5.82 Å². The second-order valence-electron chi connectivity index (χ2n) is 7.96. The normalized spacial score (nSPS) is 12.3. The molecule has 2 aromatic carbocycles. The summed E-state index contributed by atoms with van der Waals surface area (Å²) < 4.78 is 5.43. The van der Waals surface area contributed by atoms with Gasteiger partial charge in [-0.3, -0.25) is 4.79 Å². The highest BCUT2D eigenvalue weighted by atomic mass is 16.3. The van der Waals surface area contributed by atoms with Crippen molar-refractivity contribution >= 4 is 28.7 Å². The number of H-pyrrole nitrogens is 1. The molecule has 0 aliphatic rings. The van der Waals surface area contributed by atoms with Crippen molar-refractivity contribution in [1.29, 1.82) is 0 Å². The van der Waals surface area contributed by atoms with E-state index >= 15 is 0 Å². The number of fused-ring (bicyclic) bond motifs is 1. The van der Waals surface area contributed by atoms with Gasteiger partial charge in [0.1, 0.15) is 5.76 Å². The molecule has 0 aliphatic carbocycles. The van der Waals surface area contributed by atoms with Crippen molar-refractivity contribution in [1.82, 2.24) is 15.3 Å². The van der Waals surface area contributed by atoms with Crippen LogP contribution in [-0.2, 0) is 5.41 Å². The van der Waals surface area contributed by atoms with E-state index in [0.717, 1.165) is 11.0 Å². The third kappa shape index (κ3) is 4.14. The molecule has 5 heteroatoms. The molecule has 0 atom stereocenters. The Morgan fingerprint density at radius 2 is 1.79 bits per heavy atom. The lowest BCUT2D eigenvalue weighted by Gasteiger charge is -2.19. The first kappa shape index (κ1) is 18.7. The predicted octanol–water partition coefficient (Wildman–Crippen LogP) is 5.38. The molecule has 146 valence electrons. The highest BCUT2D eigenvalue weighted by Gasteiger charge is 2.16. The second kappa shape index (κ2) is 7.43. The van der Waals surface area contributed by atoms with Crippen molar-refractivity contribution in [2.45, 2.75) is 26.2 Å². The largest absolute Gasteiger partial charge is 0.465 e.